The summed E-state index contributed by atoms with van der Waals surface area (Å²) in [4.78, 5) is 13.5. The third-order valence-corrected chi connectivity index (χ3v) is 4.00. The first-order chi connectivity index (χ1) is 13.3. The molecule has 0 spiro atoms. The Bertz CT molecular complexity index is 861. The standard InChI is InChI=1S/C19H18F6N2O2/c1-4-29-16-10-15(6-5-11(16)2)27(3)17(28)26-14-8-12(18(20,21)22)7-13(9-14)19(23,24)25/h5-10H,4H2,1-3H3,(H,26,28). The van der Waals surface area contributed by atoms with Crippen molar-refractivity contribution >= 4 is 17.4 Å². The highest BCUT2D eigenvalue weighted by Crippen LogP contribution is 2.37. The number of urea groups is 1. The minimum Gasteiger partial charge on any atom is -0.494 e. The molecule has 0 aliphatic carbocycles. The number of hydrogen-bond donors (Lipinski definition) is 1. The summed E-state index contributed by atoms with van der Waals surface area (Å²) < 4.78 is 83.1. The van der Waals surface area contributed by atoms with E-state index in [1.165, 1.54) is 7.05 Å². The lowest BCUT2D eigenvalue weighted by molar-refractivity contribution is -0.143. The van der Waals surface area contributed by atoms with Gasteiger partial charge in [0.1, 0.15) is 5.75 Å². The zero-order valence-electron chi connectivity index (χ0n) is 15.7. The quantitative estimate of drug-likeness (QED) is 0.608. The van der Waals surface area contributed by atoms with E-state index in [1.807, 2.05) is 0 Å². The molecule has 2 aromatic rings. The number of aryl methyl sites for hydroxylation is 1. The number of carbonyl (C=O) groups excluding carboxylic acids is 1. The predicted molar refractivity (Wildman–Crippen MR) is 96.2 cm³/mol. The van der Waals surface area contributed by atoms with Crippen LogP contribution in [0.25, 0.3) is 0 Å². The Hall–Kier alpha value is -2.91. The van der Waals surface area contributed by atoms with E-state index in [-0.39, 0.29) is 6.07 Å². The van der Waals surface area contributed by atoms with Crippen LogP contribution in [-0.2, 0) is 12.4 Å². The highest BCUT2D eigenvalue weighted by atomic mass is 19.4. The van der Waals surface area contributed by atoms with Crippen LogP contribution in [0.3, 0.4) is 0 Å². The van der Waals surface area contributed by atoms with Crippen LogP contribution in [0.5, 0.6) is 5.75 Å². The smallest absolute Gasteiger partial charge is 0.416 e. The Kier molecular flexibility index (Phi) is 6.34. The molecule has 0 atom stereocenters. The van der Waals surface area contributed by atoms with Crippen LogP contribution in [0.2, 0.25) is 0 Å². The van der Waals surface area contributed by atoms with Crippen LogP contribution in [0.4, 0.5) is 42.5 Å². The van der Waals surface area contributed by atoms with Gasteiger partial charge >= 0.3 is 18.4 Å². The summed E-state index contributed by atoms with van der Waals surface area (Å²) in [6.45, 7) is 3.94. The van der Waals surface area contributed by atoms with Gasteiger partial charge < -0.3 is 10.1 Å². The minimum absolute atomic E-state index is 0.00624. The van der Waals surface area contributed by atoms with Crippen molar-refractivity contribution in [1.82, 2.24) is 0 Å². The Labute approximate surface area is 163 Å². The SMILES string of the molecule is CCOc1cc(N(C)C(=O)Nc2cc(C(F)(F)F)cc(C(F)(F)F)c2)ccc1C. The van der Waals surface area contributed by atoms with Crippen molar-refractivity contribution in [1.29, 1.82) is 0 Å². The van der Waals surface area contributed by atoms with E-state index in [0.29, 0.717) is 30.2 Å². The normalized spacial score (nSPS) is 11.9. The summed E-state index contributed by atoms with van der Waals surface area (Å²) >= 11 is 0. The third-order valence-electron chi connectivity index (χ3n) is 4.00. The van der Waals surface area contributed by atoms with Crippen LogP contribution in [-0.4, -0.2) is 19.7 Å². The van der Waals surface area contributed by atoms with Crippen LogP contribution in [0.1, 0.15) is 23.6 Å². The summed E-state index contributed by atoms with van der Waals surface area (Å²) in [5, 5.41) is 2.08. The molecule has 10 heteroatoms. The number of rotatable bonds is 4. The molecule has 4 nitrogen and oxygen atoms in total. The average Bonchev–Trinajstić information content (AvgIpc) is 2.61. The van der Waals surface area contributed by atoms with E-state index < -0.39 is 35.2 Å². The molecule has 1 N–H and O–H groups in total. The highest BCUT2D eigenvalue weighted by Gasteiger charge is 2.37. The van der Waals surface area contributed by atoms with Gasteiger partial charge in [-0.2, -0.15) is 26.3 Å². The number of hydrogen-bond acceptors (Lipinski definition) is 2. The van der Waals surface area contributed by atoms with Gasteiger partial charge in [0.2, 0.25) is 0 Å². The highest BCUT2D eigenvalue weighted by molar-refractivity contribution is 6.01. The van der Waals surface area contributed by atoms with E-state index in [0.717, 1.165) is 10.5 Å². The van der Waals surface area contributed by atoms with Gasteiger partial charge in [0.25, 0.3) is 0 Å². The summed E-state index contributed by atoms with van der Waals surface area (Å²) in [7, 11) is 1.33. The number of alkyl halides is 6. The number of amides is 2. The molecule has 2 rings (SSSR count). The molecule has 2 amide bonds. The number of benzene rings is 2. The molecule has 29 heavy (non-hydrogen) atoms. The van der Waals surface area contributed by atoms with Gasteiger partial charge in [-0.1, -0.05) is 6.07 Å². The molecule has 0 aliphatic rings. The molecule has 0 saturated heterocycles. The van der Waals surface area contributed by atoms with Crippen molar-refractivity contribution in [2.24, 2.45) is 0 Å². The number of carbonyl (C=O) groups is 1. The van der Waals surface area contributed by atoms with Gasteiger partial charge in [-0.25, -0.2) is 4.79 Å². The molecule has 158 valence electrons. The summed E-state index contributed by atoms with van der Waals surface area (Å²) in [6.07, 6.45) is -10.0. The monoisotopic (exact) mass is 420 g/mol. The maximum Gasteiger partial charge on any atom is 0.416 e. The van der Waals surface area contributed by atoms with Gasteiger partial charge in [-0.3, -0.25) is 4.90 Å². The van der Waals surface area contributed by atoms with E-state index >= 15 is 0 Å². The zero-order chi connectivity index (χ0) is 22.0. The van der Waals surface area contributed by atoms with Crippen LogP contribution >= 0.6 is 0 Å². The van der Waals surface area contributed by atoms with Crippen LogP contribution < -0.4 is 15.0 Å². The van der Waals surface area contributed by atoms with Gasteiger partial charge in [0.15, 0.2) is 0 Å². The molecule has 0 radical (unpaired) electrons. The number of halogens is 6. The lowest BCUT2D eigenvalue weighted by atomic mass is 10.1. The minimum atomic E-state index is -5.00. The molecule has 0 aromatic heterocycles. The van der Waals surface area contributed by atoms with Gasteiger partial charge in [-0.15, -0.1) is 0 Å². The number of ether oxygens (including phenoxy) is 1. The fourth-order valence-electron chi connectivity index (χ4n) is 2.46. The second-order valence-electron chi connectivity index (χ2n) is 6.17. The molecule has 0 aliphatic heterocycles. The Balaban J connectivity index is 2.33. The third kappa shape index (κ3) is 5.55. The lowest BCUT2D eigenvalue weighted by Gasteiger charge is -2.21. The van der Waals surface area contributed by atoms with E-state index in [2.05, 4.69) is 5.32 Å². The molecule has 2 aromatic carbocycles. The van der Waals surface area contributed by atoms with Crippen LogP contribution in [0, 0.1) is 6.92 Å². The van der Waals surface area contributed by atoms with E-state index in [4.69, 9.17) is 4.74 Å². The Morgan fingerprint density at radius 2 is 1.55 bits per heavy atom. The largest absolute Gasteiger partial charge is 0.494 e. The second-order valence-corrected chi connectivity index (χ2v) is 6.17. The van der Waals surface area contributed by atoms with E-state index in [9.17, 15) is 31.1 Å². The maximum atomic E-state index is 12.9. The molecule has 0 unspecified atom stereocenters. The number of nitrogens with zero attached hydrogens (tertiary/aromatic N) is 1. The average molecular weight is 420 g/mol. The fourth-order valence-corrected chi connectivity index (χ4v) is 2.46. The lowest BCUT2D eigenvalue weighted by Crippen LogP contribution is -2.31. The van der Waals surface area contributed by atoms with Crippen molar-refractivity contribution in [3.05, 3.63) is 53.1 Å². The Morgan fingerprint density at radius 3 is 2.03 bits per heavy atom. The fraction of sp³-hybridized carbons (Fsp3) is 0.316. The summed E-state index contributed by atoms with van der Waals surface area (Å²) in [5.41, 5.74) is -2.50. The molecular formula is C19H18F6N2O2. The predicted octanol–water partition coefficient (Wildman–Crippen LogP) is 6.10. The first kappa shape index (κ1) is 22.4. The molecule has 0 bridgehead atoms. The van der Waals surface area contributed by atoms with Crippen molar-refractivity contribution in [3.63, 3.8) is 0 Å². The van der Waals surface area contributed by atoms with Gasteiger partial charge in [0, 0.05) is 24.5 Å². The molecular weight excluding hydrogens is 402 g/mol. The Morgan fingerprint density at radius 1 is 1.00 bits per heavy atom. The molecule has 0 fully saturated rings. The van der Waals surface area contributed by atoms with E-state index in [1.54, 1.807) is 32.0 Å². The van der Waals surface area contributed by atoms with Crippen molar-refractivity contribution < 1.29 is 35.9 Å². The second kappa shape index (κ2) is 8.22. The van der Waals surface area contributed by atoms with Crippen LogP contribution in [0.15, 0.2) is 36.4 Å². The number of nitrogens with one attached hydrogen (secondary N) is 1. The first-order valence-corrected chi connectivity index (χ1v) is 8.40. The molecule has 0 heterocycles. The topological polar surface area (TPSA) is 41.6 Å². The molecule has 0 saturated carbocycles. The maximum absolute atomic E-state index is 12.9. The van der Waals surface area contributed by atoms with Crippen molar-refractivity contribution in [2.45, 2.75) is 26.2 Å². The van der Waals surface area contributed by atoms with Gasteiger partial charge in [-0.05, 0) is 43.7 Å². The number of anilines is 2. The summed E-state index contributed by atoms with van der Waals surface area (Å²) in [6, 6.07) is 4.77. The first-order valence-electron chi connectivity index (χ1n) is 8.40. The zero-order valence-corrected chi connectivity index (χ0v) is 15.7. The van der Waals surface area contributed by atoms with Gasteiger partial charge in [0.05, 0.1) is 17.7 Å². The summed E-state index contributed by atoms with van der Waals surface area (Å²) in [5.74, 6) is 0.503. The van der Waals surface area contributed by atoms with Crippen molar-refractivity contribution in [3.8, 4) is 5.75 Å². The van der Waals surface area contributed by atoms with Crippen molar-refractivity contribution in [2.75, 3.05) is 23.9 Å².